The van der Waals surface area contributed by atoms with Crippen molar-refractivity contribution in [1.29, 1.82) is 0 Å². The molecule has 11 rings (SSSR count). The zero-order chi connectivity index (χ0) is 41.2. The topological polar surface area (TPSA) is 8.17 Å². The van der Waals surface area contributed by atoms with Gasteiger partial charge in [-0.05, 0) is 99.1 Å². The molecule has 10 aromatic carbocycles. The van der Waals surface area contributed by atoms with Crippen molar-refractivity contribution in [3.8, 4) is 61.3 Å². The second-order valence-electron chi connectivity index (χ2n) is 15.7. The summed E-state index contributed by atoms with van der Waals surface area (Å²) in [5.74, 6) is 0. The van der Waals surface area contributed by atoms with Crippen LogP contribution in [-0.4, -0.2) is 4.57 Å². The summed E-state index contributed by atoms with van der Waals surface area (Å²) in [6.07, 6.45) is 0. The van der Waals surface area contributed by atoms with Gasteiger partial charge >= 0.3 is 0 Å². The van der Waals surface area contributed by atoms with Crippen molar-refractivity contribution in [1.82, 2.24) is 4.57 Å². The van der Waals surface area contributed by atoms with E-state index in [-0.39, 0.29) is 0 Å². The molecule has 0 spiro atoms. The Labute approximate surface area is 362 Å². The first-order chi connectivity index (χ1) is 30.8. The van der Waals surface area contributed by atoms with E-state index in [1.54, 1.807) is 0 Å². The number of anilines is 3. The third-order valence-corrected chi connectivity index (χ3v) is 12.0. The van der Waals surface area contributed by atoms with Gasteiger partial charge in [-0.15, -0.1) is 0 Å². The first-order valence-electron chi connectivity index (χ1n) is 21.3. The van der Waals surface area contributed by atoms with Gasteiger partial charge in [0.15, 0.2) is 0 Å². The normalized spacial score (nSPS) is 11.2. The van der Waals surface area contributed by atoms with Gasteiger partial charge in [0.1, 0.15) is 0 Å². The number of hydrogen-bond donors (Lipinski definition) is 0. The van der Waals surface area contributed by atoms with Crippen LogP contribution in [0.25, 0.3) is 83.1 Å². The summed E-state index contributed by atoms with van der Waals surface area (Å²) >= 11 is 0. The molecule has 2 heteroatoms. The van der Waals surface area contributed by atoms with Crippen LogP contribution in [0.1, 0.15) is 0 Å². The average molecular weight is 791 g/mol. The van der Waals surface area contributed by atoms with Crippen LogP contribution in [0.5, 0.6) is 0 Å². The number of aromatic nitrogens is 1. The van der Waals surface area contributed by atoms with Crippen LogP contribution in [0.15, 0.2) is 255 Å². The Morgan fingerprint density at radius 2 is 0.661 bits per heavy atom. The van der Waals surface area contributed by atoms with E-state index in [0.717, 1.165) is 17.1 Å². The third-order valence-electron chi connectivity index (χ3n) is 12.0. The molecule has 292 valence electrons. The Hall–Kier alpha value is -8.20. The van der Waals surface area contributed by atoms with Gasteiger partial charge in [-0.1, -0.05) is 200 Å². The largest absolute Gasteiger partial charge is 0.310 e. The maximum Gasteiger partial charge on any atom is 0.0541 e. The molecule has 0 aliphatic rings. The van der Waals surface area contributed by atoms with Crippen molar-refractivity contribution in [3.63, 3.8) is 0 Å². The summed E-state index contributed by atoms with van der Waals surface area (Å²) in [4.78, 5) is 2.39. The van der Waals surface area contributed by atoms with Crippen molar-refractivity contribution in [3.05, 3.63) is 255 Å². The molecule has 1 heterocycles. The number of hydrogen-bond acceptors (Lipinski definition) is 1. The molecule has 62 heavy (non-hydrogen) atoms. The molecule has 0 N–H and O–H groups in total. The monoisotopic (exact) mass is 790 g/mol. The van der Waals surface area contributed by atoms with E-state index in [1.807, 2.05) is 0 Å². The molecular formula is C60H42N2. The smallest absolute Gasteiger partial charge is 0.0541 e. The molecule has 0 fully saturated rings. The standard InChI is InChI=1S/C60H42N2/c1-3-16-43(17-4-1)46-34-38-51(39-35-46)61(57-26-11-8-23-54(57)50-21-15-20-49(42-50)44-18-5-2-6-19-44)52-40-36-47(37-41-52)45-30-32-48(33-31-45)53-22-7-12-27-58(53)62-59-28-13-9-24-55(59)56-25-10-14-29-60(56)62/h1-42H. The molecule has 0 saturated carbocycles. The summed E-state index contributed by atoms with van der Waals surface area (Å²) < 4.78 is 2.41. The quantitative estimate of drug-likeness (QED) is 0.141. The molecule has 0 saturated heterocycles. The highest BCUT2D eigenvalue weighted by Crippen LogP contribution is 2.43. The fraction of sp³-hybridized carbons (Fsp3) is 0. The van der Waals surface area contributed by atoms with Crippen LogP contribution >= 0.6 is 0 Å². The molecule has 0 amide bonds. The van der Waals surface area contributed by atoms with Gasteiger partial charge in [-0.25, -0.2) is 0 Å². The lowest BCUT2D eigenvalue weighted by molar-refractivity contribution is 1.18. The lowest BCUT2D eigenvalue weighted by Crippen LogP contribution is -2.11. The molecule has 0 bridgehead atoms. The second kappa shape index (κ2) is 16.1. The number of nitrogens with zero attached hydrogens (tertiary/aromatic N) is 2. The predicted molar refractivity (Wildman–Crippen MR) is 263 cm³/mol. The summed E-state index contributed by atoms with van der Waals surface area (Å²) in [5, 5.41) is 2.53. The maximum absolute atomic E-state index is 2.41. The van der Waals surface area contributed by atoms with Crippen molar-refractivity contribution in [2.75, 3.05) is 4.90 Å². The van der Waals surface area contributed by atoms with Crippen LogP contribution in [-0.2, 0) is 0 Å². The van der Waals surface area contributed by atoms with E-state index in [4.69, 9.17) is 0 Å². The fourth-order valence-corrected chi connectivity index (χ4v) is 9.01. The van der Waals surface area contributed by atoms with Gasteiger partial charge in [0.25, 0.3) is 0 Å². The minimum Gasteiger partial charge on any atom is -0.310 e. The van der Waals surface area contributed by atoms with Gasteiger partial charge in [0, 0.05) is 33.3 Å². The summed E-state index contributed by atoms with van der Waals surface area (Å²) in [6, 6.07) is 91.9. The molecular weight excluding hydrogens is 749 g/mol. The lowest BCUT2D eigenvalue weighted by Gasteiger charge is -2.28. The van der Waals surface area contributed by atoms with Crippen molar-refractivity contribution in [2.24, 2.45) is 0 Å². The van der Waals surface area contributed by atoms with E-state index in [2.05, 4.69) is 264 Å². The van der Waals surface area contributed by atoms with E-state index in [1.165, 1.54) is 83.1 Å². The van der Waals surface area contributed by atoms with Crippen LogP contribution in [0.4, 0.5) is 17.1 Å². The van der Waals surface area contributed by atoms with Crippen molar-refractivity contribution < 1.29 is 0 Å². The first-order valence-corrected chi connectivity index (χ1v) is 21.3. The molecule has 0 aliphatic heterocycles. The highest BCUT2D eigenvalue weighted by Gasteiger charge is 2.19. The number of benzene rings is 10. The highest BCUT2D eigenvalue weighted by molar-refractivity contribution is 6.09. The first kappa shape index (κ1) is 36.8. The molecule has 2 nitrogen and oxygen atoms in total. The van der Waals surface area contributed by atoms with E-state index in [9.17, 15) is 0 Å². The molecule has 0 radical (unpaired) electrons. The zero-order valence-electron chi connectivity index (χ0n) is 34.1. The number of rotatable bonds is 9. The van der Waals surface area contributed by atoms with Crippen molar-refractivity contribution >= 4 is 38.9 Å². The second-order valence-corrected chi connectivity index (χ2v) is 15.7. The Morgan fingerprint density at radius 1 is 0.258 bits per heavy atom. The fourth-order valence-electron chi connectivity index (χ4n) is 9.01. The lowest BCUT2D eigenvalue weighted by atomic mass is 9.96. The van der Waals surface area contributed by atoms with Gasteiger partial charge < -0.3 is 9.47 Å². The molecule has 1 aromatic heterocycles. The van der Waals surface area contributed by atoms with Gasteiger partial charge in [-0.2, -0.15) is 0 Å². The molecule has 0 aliphatic carbocycles. The average Bonchev–Trinajstić information content (AvgIpc) is 3.69. The Morgan fingerprint density at radius 3 is 1.26 bits per heavy atom. The molecule has 0 unspecified atom stereocenters. The van der Waals surface area contributed by atoms with E-state index in [0.29, 0.717) is 0 Å². The van der Waals surface area contributed by atoms with Crippen LogP contribution in [0.3, 0.4) is 0 Å². The van der Waals surface area contributed by atoms with Crippen LogP contribution < -0.4 is 4.90 Å². The van der Waals surface area contributed by atoms with Gasteiger partial charge in [0.2, 0.25) is 0 Å². The van der Waals surface area contributed by atoms with E-state index < -0.39 is 0 Å². The predicted octanol–water partition coefficient (Wildman–Crippen LogP) is 16.6. The minimum absolute atomic E-state index is 1.09. The Balaban J connectivity index is 0.958. The zero-order valence-corrected chi connectivity index (χ0v) is 34.1. The minimum atomic E-state index is 1.09. The highest BCUT2D eigenvalue weighted by atomic mass is 15.1. The third kappa shape index (κ3) is 6.84. The summed E-state index contributed by atoms with van der Waals surface area (Å²) in [5.41, 5.74) is 18.7. The van der Waals surface area contributed by atoms with Gasteiger partial charge in [0.05, 0.1) is 22.4 Å². The summed E-state index contributed by atoms with van der Waals surface area (Å²) in [6.45, 7) is 0. The molecule has 0 atom stereocenters. The van der Waals surface area contributed by atoms with Crippen LogP contribution in [0, 0.1) is 0 Å². The Bertz CT molecular complexity index is 3260. The number of para-hydroxylation sites is 4. The van der Waals surface area contributed by atoms with E-state index >= 15 is 0 Å². The SMILES string of the molecule is c1ccc(-c2ccc(N(c3ccc(-c4ccc(-c5ccccc5-n5c6ccccc6c6ccccc65)cc4)cc3)c3ccccc3-c3cccc(-c4ccccc4)c3)cc2)cc1. The number of fused-ring (bicyclic) bond motifs is 3. The molecule has 11 aromatic rings. The van der Waals surface area contributed by atoms with Crippen molar-refractivity contribution in [2.45, 2.75) is 0 Å². The van der Waals surface area contributed by atoms with Crippen LogP contribution in [0.2, 0.25) is 0 Å². The maximum atomic E-state index is 2.41. The summed E-state index contributed by atoms with van der Waals surface area (Å²) in [7, 11) is 0. The Kier molecular flexibility index (Phi) is 9.57. The van der Waals surface area contributed by atoms with Gasteiger partial charge in [-0.3, -0.25) is 0 Å².